The quantitative estimate of drug-likeness (QED) is 0.596. The molecule has 1 heterocycles. The van der Waals surface area contributed by atoms with Crippen molar-refractivity contribution in [3.8, 4) is 22.8 Å². The average molecular weight is 364 g/mol. The first kappa shape index (κ1) is 19.1. The standard InChI is InChI=1S/C22H28N4O/c1-5-6-8-17-11-13-18(14-12-17)22-23-21(16-25(2)3)24-26(22)19-9-7-10-20(15-19)27-4/h7,9-15H,5-6,8,16H2,1-4H3. The van der Waals surface area contributed by atoms with Crippen molar-refractivity contribution in [2.24, 2.45) is 0 Å². The lowest BCUT2D eigenvalue weighted by Crippen LogP contribution is -2.12. The highest BCUT2D eigenvalue weighted by molar-refractivity contribution is 5.59. The van der Waals surface area contributed by atoms with Crippen LogP contribution < -0.4 is 4.74 Å². The topological polar surface area (TPSA) is 43.2 Å². The van der Waals surface area contributed by atoms with E-state index in [-0.39, 0.29) is 0 Å². The van der Waals surface area contributed by atoms with Crippen LogP contribution in [0, 0.1) is 0 Å². The van der Waals surface area contributed by atoms with Crippen molar-refractivity contribution in [3.05, 3.63) is 59.9 Å². The molecule has 142 valence electrons. The Morgan fingerprint density at radius 1 is 1.07 bits per heavy atom. The molecule has 0 spiro atoms. The number of benzene rings is 2. The van der Waals surface area contributed by atoms with E-state index >= 15 is 0 Å². The van der Waals surface area contributed by atoms with Gasteiger partial charge in [-0.1, -0.05) is 43.7 Å². The van der Waals surface area contributed by atoms with Crippen LogP contribution in [-0.4, -0.2) is 40.9 Å². The van der Waals surface area contributed by atoms with E-state index in [1.54, 1.807) is 7.11 Å². The number of ether oxygens (including phenoxy) is 1. The summed E-state index contributed by atoms with van der Waals surface area (Å²) in [6, 6.07) is 16.6. The third-order valence-corrected chi connectivity index (χ3v) is 4.44. The molecule has 0 atom stereocenters. The minimum atomic E-state index is 0.693. The van der Waals surface area contributed by atoms with Crippen LogP contribution in [-0.2, 0) is 13.0 Å². The van der Waals surface area contributed by atoms with Crippen molar-refractivity contribution in [1.29, 1.82) is 0 Å². The van der Waals surface area contributed by atoms with Gasteiger partial charge in [0, 0.05) is 11.6 Å². The van der Waals surface area contributed by atoms with Gasteiger partial charge in [0.15, 0.2) is 11.6 Å². The molecule has 3 rings (SSSR count). The van der Waals surface area contributed by atoms with Crippen LogP contribution in [0.25, 0.3) is 17.1 Å². The maximum Gasteiger partial charge on any atom is 0.165 e. The van der Waals surface area contributed by atoms with Crippen LogP contribution in [0.15, 0.2) is 48.5 Å². The number of nitrogens with zero attached hydrogens (tertiary/aromatic N) is 4. The number of methoxy groups -OCH3 is 1. The molecule has 0 saturated carbocycles. The van der Waals surface area contributed by atoms with Gasteiger partial charge in [-0.05, 0) is 44.6 Å². The Balaban J connectivity index is 2.00. The third-order valence-electron chi connectivity index (χ3n) is 4.44. The van der Waals surface area contributed by atoms with Crippen LogP contribution in [0.2, 0.25) is 0 Å². The van der Waals surface area contributed by atoms with Gasteiger partial charge >= 0.3 is 0 Å². The molecule has 2 aromatic carbocycles. The monoisotopic (exact) mass is 364 g/mol. The zero-order chi connectivity index (χ0) is 19.2. The Labute approximate surface area is 161 Å². The summed E-state index contributed by atoms with van der Waals surface area (Å²) in [6.45, 7) is 2.91. The summed E-state index contributed by atoms with van der Waals surface area (Å²) in [5.41, 5.74) is 3.37. The second-order valence-electron chi connectivity index (χ2n) is 7.00. The number of aryl methyl sites for hydroxylation is 1. The zero-order valence-electron chi connectivity index (χ0n) is 16.6. The molecule has 0 bridgehead atoms. The van der Waals surface area contributed by atoms with Gasteiger partial charge < -0.3 is 9.64 Å². The Morgan fingerprint density at radius 2 is 1.85 bits per heavy atom. The molecule has 0 radical (unpaired) electrons. The molecule has 5 heteroatoms. The van der Waals surface area contributed by atoms with Crippen LogP contribution in [0.1, 0.15) is 31.2 Å². The fraction of sp³-hybridized carbons (Fsp3) is 0.364. The first-order valence-electron chi connectivity index (χ1n) is 9.45. The first-order valence-corrected chi connectivity index (χ1v) is 9.45. The second kappa shape index (κ2) is 8.82. The molecule has 0 aliphatic rings. The fourth-order valence-corrected chi connectivity index (χ4v) is 3.02. The van der Waals surface area contributed by atoms with Gasteiger partial charge in [0.1, 0.15) is 5.75 Å². The maximum absolute atomic E-state index is 5.38. The van der Waals surface area contributed by atoms with Gasteiger partial charge in [-0.15, -0.1) is 5.10 Å². The highest BCUT2D eigenvalue weighted by Crippen LogP contribution is 2.24. The molecular formula is C22H28N4O. The van der Waals surface area contributed by atoms with E-state index in [1.165, 1.54) is 18.4 Å². The molecule has 0 aliphatic heterocycles. The van der Waals surface area contributed by atoms with Crippen molar-refractivity contribution >= 4 is 0 Å². The van der Waals surface area contributed by atoms with Gasteiger partial charge in [0.2, 0.25) is 0 Å². The van der Waals surface area contributed by atoms with Crippen LogP contribution in [0.3, 0.4) is 0 Å². The highest BCUT2D eigenvalue weighted by Gasteiger charge is 2.15. The summed E-state index contributed by atoms with van der Waals surface area (Å²) in [6.07, 6.45) is 3.54. The average Bonchev–Trinajstić information content (AvgIpc) is 3.10. The van der Waals surface area contributed by atoms with Gasteiger partial charge in [-0.25, -0.2) is 9.67 Å². The SMILES string of the molecule is CCCCc1ccc(-c2nc(CN(C)C)nn2-c2cccc(OC)c2)cc1. The summed E-state index contributed by atoms with van der Waals surface area (Å²) in [4.78, 5) is 6.89. The highest BCUT2D eigenvalue weighted by atomic mass is 16.5. The molecule has 0 fully saturated rings. The minimum Gasteiger partial charge on any atom is -0.497 e. The van der Waals surface area contributed by atoms with Gasteiger partial charge in [0.05, 0.1) is 19.3 Å². The maximum atomic E-state index is 5.38. The lowest BCUT2D eigenvalue weighted by molar-refractivity contribution is 0.390. The Morgan fingerprint density at radius 3 is 2.52 bits per heavy atom. The molecule has 5 nitrogen and oxygen atoms in total. The Bertz CT molecular complexity index is 868. The molecule has 27 heavy (non-hydrogen) atoms. The van der Waals surface area contributed by atoms with Gasteiger partial charge in [-0.2, -0.15) is 0 Å². The van der Waals surface area contributed by atoms with E-state index in [4.69, 9.17) is 14.8 Å². The van der Waals surface area contributed by atoms with Crippen LogP contribution in [0.5, 0.6) is 5.75 Å². The fourth-order valence-electron chi connectivity index (χ4n) is 3.02. The number of hydrogen-bond donors (Lipinski definition) is 0. The summed E-state index contributed by atoms with van der Waals surface area (Å²) >= 11 is 0. The summed E-state index contributed by atoms with van der Waals surface area (Å²) < 4.78 is 7.28. The molecule has 0 saturated heterocycles. The first-order chi connectivity index (χ1) is 13.1. The minimum absolute atomic E-state index is 0.693. The van der Waals surface area contributed by atoms with Crippen molar-refractivity contribution in [1.82, 2.24) is 19.7 Å². The van der Waals surface area contributed by atoms with E-state index in [9.17, 15) is 0 Å². The Hall–Kier alpha value is -2.66. The lowest BCUT2D eigenvalue weighted by atomic mass is 10.1. The zero-order valence-corrected chi connectivity index (χ0v) is 16.6. The number of unbranched alkanes of at least 4 members (excludes halogenated alkanes) is 1. The smallest absolute Gasteiger partial charge is 0.165 e. The van der Waals surface area contributed by atoms with Crippen molar-refractivity contribution in [2.75, 3.05) is 21.2 Å². The van der Waals surface area contributed by atoms with Gasteiger partial charge in [-0.3, -0.25) is 0 Å². The van der Waals surface area contributed by atoms with E-state index < -0.39 is 0 Å². The van der Waals surface area contributed by atoms with E-state index in [0.717, 1.165) is 35.1 Å². The van der Waals surface area contributed by atoms with Crippen molar-refractivity contribution < 1.29 is 4.74 Å². The van der Waals surface area contributed by atoms with Crippen molar-refractivity contribution in [3.63, 3.8) is 0 Å². The molecule has 0 amide bonds. The summed E-state index contributed by atoms with van der Waals surface area (Å²) in [7, 11) is 5.72. The number of hydrogen-bond acceptors (Lipinski definition) is 4. The van der Waals surface area contributed by atoms with Crippen LogP contribution >= 0.6 is 0 Å². The van der Waals surface area contributed by atoms with E-state index in [1.807, 2.05) is 43.0 Å². The predicted molar refractivity (Wildman–Crippen MR) is 109 cm³/mol. The van der Waals surface area contributed by atoms with Crippen molar-refractivity contribution in [2.45, 2.75) is 32.7 Å². The van der Waals surface area contributed by atoms with E-state index in [0.29, 0.717) is 6.54 Å². The normalized spacial score (nSPS) is 11.1. The van der Waals surface area contributed by atoms with Crippen LogP contribution in [0.4, 0.5) is 0 Å². The Kier molecular flexibility index (Phi) is 6.24. The third kappa shape index (κ3) is 4.74. The second-order valence-corrected chi connectivity index (χ2v) is 7.00. The largest absolute Gasteiger partial charge is 0.497 e. The summed E-state index contributed by atoms with van der Waals surface area (Å²) in [5, 5.41) is 4.75. The van der Waals surface area contributed by atoms with Gasteiger partial charge in [0.25, 0.3) is 0 Å². The summed E-state index contributed by atoms with van der Waals surface area (Å²) in [5.74, 6) is 2.45. The molecular weight excluding hydrogens is 336 g/mol. The number of aromatic nitrogens is 3. The van der Waals surface area contributed by atoms with E-state index in [2.05, 4.69) is 36.1 Å². The number of rotatable bonds is 8. The lowest BCUT2D eigenvalue weighted by Gasteiger charge is -2.08. The molecule has 3 aromatic rings. The molecule has 0 N–H and O–H groups in total. The predicted octanol–water partition coefficient (Wildman–Crippen LogP) is 4.35. The molecule has 0 aliphatic carbocycles. The molecule has 0 unspecified atom stereocenters. The molecule has 1 aromatic heterocycles.